The minimum Gasteiger partial charge on any atom is -0.487 e. The molecule has 2 fully saturated rings. The minimum atomic E-state index is -0.826. The molecule has 286 valence electrons. The summed E-state index contributed by atoms with van der Waals surface area (Å²) in [6.45, 7) is 0.378. The van der Waals surface area contributed by atoms with E-state index in [1.54, 1.807) is 30.5 Å². The average molecular weight is 788 g/mol. The summed E-state index contributed by atoms with van der Waals surface area (Å²) in [5.74, 6) is -1.57. The first-order valence-corrected chi connectivity index (χ1v) is 19.4. The quantitative estimate of drug-likeness (QED) is 0.0949. The lowest BCUT2D eigenvalue weighted by Gasteiger charge is -2.39. The second-order valence-corrected chi connectivity index (χ2v) is 15.2. The van der Waals surface area contributed by atoms with E-state index in [1.807, 2.05) is 23.6 Å². The third-order valence-electron chi connectivity index (χ3n) is 10.3. The topological polar surface area (TPSA) is 172 Å². The molecule has 0 spiro atoms. The number of carbonyl (C=O) groups is 5. The number of amides is 5. The highest BCUT2D eigenvalue weighted by molar-refractivity contribution is 7.13. The van der Waals surface area contributed by atoms with Gasteiger partial charge in [-0.3, -0.25) is 29.3 Å². The van der Waals surface area contributed by atoms with Crippen LogP contribution in [-0.4, -0.2) is 63.1 Å². The molecule has 13 nitrogen and oxygen atoms in total. The zero-order chi connectivity index (χ0) is 38.5. The van der Waals surface area contributed by atoms with E-state index < -0.39 is 23.2 Å². The van der Waals surface area contributed by atoms with E-state index in [4.69, 9.17) is 21.3 Å². The number of rotatable bonds is 13. The number of halogens is 2. The number of benzene rings is 2. The normalized spacial score (nSPS) is 20.8. The first kappa shape index (κ1) is 37.9. The van der Waals surface area contributed by atoms with Gasteiger partial charge >= 0.3 is 0 Å². The molecule has 2 aromatic heterocycles. The standard InChI is InChI=1S/C39H39ClFN7O6S/c40-27-7-3-9-30(34(27)41)54-24-14-16-39(17-15-24,21-23-5-1-10-31(44-23)46-38-43-19-20-55-38)37(53)42-18-4-11-32(49)45-28-8-2-6-25-26(28)22-48(36(25)52)29-12-13-33(50)47-35(29)51/h1-3,5-10,19-20,24,29H,4,11-18,21-22H2,(H,42,53)(H,45,49)(H,43,44,46)(H,47,50,51)/t24-,29?,39-. The number of imide groups is 1. The SMILES string of the molecule is O=C1CCC(N2Cc3c(NC(=O)CCCNC(=O)[C@]4(Cc5cccc(Nc6nccs6)n5)CC[C@@H](Oc5cccc(Cl)c5F)CC4)cccc3C2=O)C(=O)N1. The van der Waals surface area contributed by atoms with Crippen LogP contribution in [0.25, 0.3) is 0 Å². The van der Waals surface area contributed by atoms with Crippen molar-refractivity contribution in [1.82, 2.24) is 25.5 Å². The van der Waals surface area contributed by atoms with Gasteiger partial charge in [0.15, 0.2) is 16.7 Å². The Labute approximate surface area is 325 Å². The molecule has 5 amide bonds. The van der Waals surface area contributed by atoms with Crippen LogP contribution in [0.3, 0.4) is 0 Å². The zero-order valence-corrected chi connectivity index (χ0v) is 31.3. The van der Waals surface area contributed by atoms with Gasteiger partial charge in [-0.2, -0.15) is 0 Å². The molecule has 4 heterocycles. The van der Waals surface area contributed by atoms with E-state index in [2.05, 4.69) is 26.3 Å². The van der Waals surface area contributed by atoms with Gasteiger partial charge in [-0.25, -0.2) is 14.4 Å². The van der Waals surface area contributed by atoms with Gasteiger partial charge in [-0.05, 0) is 74.9 Å². The van der Waals surface area contributed by atoms with Gasteiger partial charge in [0.05, 0.1) is 16.5 Å². The highest BCUT2D eigenvalue weighted by Gasteiger charge is 2.43. The summed E-state index contributed by atoms with van der Waals surface area (Å²) in [5, 5.41) is 14.0. The summed E-state index contributed by atoms with van der Waals surface area (Å²) in [4.78, 5) is 74.9. The van der Waals surface area contributed by atoms with E-state index in [0.29, 0.717) is 66.3 Å². The first-order valence-electron chi connectivity index (χ1n) is 18.2. The molecule has 1 unspecified atom stereocenters. The summed E-state index contributed by atoms with van der Waals surface area (Å²) >= 11 is 7.42. The lowest BCUT2D eigenvalue weighted by Crippen LogP contribution is -2.52. The molecule has 1 saturated heterocycles. The molecule has 2 aliphatic heterocycles. The Morgan fingerprint density at radius 3 is 2.64 bits per heavy atom. The van der Waals surface area contributed by atoms with E-state index >= 15 is 0 Å². The Kier molecular flexibility index (Phi) is 11.4. The maximum atomic E-state index is 14.6. The smallest absolute Gasteiger partial charge is 0.255 e. The van der Waals surface area contributed by atoms with Crippen molar-refractivity contribution >= 4 is 69.1 Å². The monoisotopic (exact) mass is 787 g/mol. The van der Waals surface area contributed by atoms with Gasteiger partial charge in [0, 0.05) is 66.4 Å². The van der Waals surface area contributed by atoms with Crippen LogP contribution in [0.5, 0.6) is 5.75 Å². The van der Waals surface area contributed by atoms with Crippen molar-refractivity contribution < 1.29 is 33.1 Å². The van der Waals surface area contributed by atoms with Crippen LogP contribution < -0.4 is 26.0 Å². The predicted molar refractivity (Wildman–Crippen MR) is 203 cm³/mol. The van der Waals surface area contributed by atoms with Gasteiger partial charge in [0.25, 0.3) is 5.91 Å². The fourth-order valence-corrected chi connectivity index (χ4v) is 8.15. The summed E-state index contributed by atoms with van der Waals surface area (Å²) in [7, 11) is 0. The maximum Gasteiger partial charge on any atom is 0.255 e. The minimum absolute atomic E-state index is 0.0211. The Bertz CT molecular complexity index is 2110. The van der Waals surface area contributed by atoms with Gasteiger partial charge in [0.2, 0.25) is 23.6 Å². The Hall–Kier alpha value is -5.41. The van der Waals surface area contributed by atoms with Crippen molar-refractivity contribution in [2.24, 2.45) is 5.41 Å². The van der Waals surface area contributed by atoms with E-state index in [-0.39, 0.29) is 72.9 Å². The largest absolute Gasteiger partial charge is 0.487 e. The third kappa shape index (κ3) is 8.62. The molecule has 4 aromatic rings. The van der Waals surface area contributed by atoms with Crippen molar-refractivity contribution in [3.63, 3.8) is 0 Å². The Morgan fingerprint density at radius 2 is 1.85 bits per heavy atom. The molecule has 4 N–H and O–H groups in total. The lowest BCUT2D eigenvalue weighted by molar-refractivity contribution is -0.137. The van der Waals surface area contributed by atoms with Gasteiger partial charge in [0.1, 0.15) is 11.9 Å². The van der Waals surface area contributed by atoms with Crippen molar-refractivity contribution in [1.29, 1.82) is 0 Å². The Morgan fingerprint density at radius 1 is 1.05 bits per heavy atom. The number of carbonyl (C=O) groups excluding carboxylic acids is 5. The van der Waals surface area contributed by atoms with Crippen molar-refractivity contribution in [2.45, 2.75) is 76.5 Å². The van der Waals surface area contributed by atoms with Gasteiger partial charge in [-0.15, -0.1) is 11.3 Å². The van der Waals surface area contributed by atoms with E-state index in [0.717, 1.165) is 5.69 Å². The number of hydrogen-bond acceptors (Lipinski definition) is 10. The molecule has 2 aromatic carbocycles. The van der Waals surface area contributed by atoms with Crippen LogP contribution in [0, 0.1) is 11.2 Å². The van der Waals surface area contributed by atoms with Crippen LogP contribution in [0.1, 0.15) is 73.0 Å². The number of fused-ring (bicyclic) bond motifs is 1. The molecular weight excluding hydrogens is 749 g/mol. The summed E-state index contributed by atoms with van der Waals surface area (Å²) in [6.07, 6.45) is 4.53. The highest BCUT2D eigenvalue weighted by atomic mass is 35.5. The number of ether oxygens (including phenoxy) is 1. The fourth-order valence-electron chi connectivity index (χ4n) is 7.44. The second-order valence-electron chi connectivity index (χ2n) is 13.9. The van der Waals surface area contributed by atoms with Crippen LogP contribution in [-0.2, 0) is 32.1 Å². The fraction of sp³-hybridized carbons (Fsp3) is 0.359. The van der Waals surface area contributed by atoms with Crippen LogP contribution in [0.2, 0.25) is 5.02 Å². The number of nitrogens with one attached hydrogen (secondary N) is 4. The number of hydrogen-bond donors (Lipinski definition) is 4. The van der Waals surface area contributed by atoms with E-state index in [9.17, 15) is 28.4 Å². The van der Waals surface area contributed by atoms with Crippen LogP contribution in [0.15, 0.2) is 66.2 Å². The molecule has 1 saturated carbocycles. The number of nitrogens with zero attached hydrogens (tertiary/aromatic N) is 3. The van der Waals surface area contributed by atoms with Gasteiger partial charge in [-0.1, -0.05) is 29.8 Å². The van der Waals surface area contributed by atoms with Crippen molar-refractivity contribution in [3.8, 4) is 5.75 Å². The summed E-state index contributed by atoms with van der Waals surface area (Å²) < 4.78 is 20.6. The molecule has 0 radical (unpaired) electrons. The zero-order valence-electron chi connectivity index (χ0n) is 29.7. The van der Waals surface area contributed by atoms with Crippen molar-refractivity contribution in [3.05, 3.63) is 93.8 Å². The molecule has 1 aliphatic carbocycles. The van der Waals surface area contributed by atoms with Crippen molar-refractivity contribution in [2.75, 3.05) is 17.2 Å². The van der Waals surface area contributed by atoms with Gasteiger partial charge < -0.3 is 25.6 Å². The molecule has 1 atom stereocenters. The lowest BCUT2D eigenvalue weighted by atomic mass is 9.69. The van der Waals surface area contributed by atoms with Crippen LogP contribution >= 0.6 is 22.9 Å². The predicted octanol–water partition coefficient (Wildman–Crippen LogP) is 5.92. The van der Waals surface area contributed by atoms with E-state index in [1.165, 1.54) is 28.4 Å². The second kappa shape index (κ2) is 16.5. The Balaban J connectivity index is 0.968. The number of thiazole rings is 1. The molecule has 55 heavy (non-hydrogen) atoms. The molecule has 3 aliphatic rings. The number of piperidine rings is 1. The summed E-state index contributed by atoms with van der Waals surface area (Å²) in [6, 6.07) is 14.5. The highest BCUT2D eigenvalue weighted by Crippen LogP contribution is 2.41. The molecule has 16 heteroatoms. The average Bonchev–Trinajstić information content (AvgIpc) is 3.81. The first-order chi connectivity index (χ1) is 26.6. The number of anilines is 3. The molecular formula is C39H39ClFN7O6S. The molecule has 7 rings (SSSR count). The number of pyridine rings is 1. The molecule has 0 bridgehead atoms. The summed E-state index contributed by atoms with van der Waals surface area (Å²) in [5.41, 5.74) is 1.38. The maximum absolute atomic E-state index is 14.6. The van der Waals surface area contributed by atoms with Crippen LogP contribution in [0.4, 0.5) is 21.0 Å². The third-order valence-corrected chi connectivity index (χ3v) is 11.3. The number of aromatic nitrogens is 2.